The van der Waals surface area contributed by atoms with E-state index < -0.39 is 0 Å². The molecule has 4 rings (SSSR count). The topological polar surface area (TPSA) is 55.2 Å². The van der Waals surface area contributed by atoms with Gasteiger partial charge in [0.25, 0.3) is 5.56 Å². The van der Waals surface area contributed by atoms with Crippen LogP contribution in [0.2, 0.25) is 0 Å². The standard InChI is InChI=1S/C22H25N3O2S/c1-14-4-6-17(7-5-14)18-12-28-21-20(18)22(27)25(13-23-21)11-19(26)24-9-15(2)8-16(3)10-24/h4-7,12-13,15-16H,8-11H2,1-3H3/t15-,16+. The zero-order chi connectivity index (χ0) is 19.8. The van der Waals surface area contributed by atoms with Crippen LogP contribution in [0, 0.1) is 18.8 Å². The van der Waals surface area contributed by atoms with E-state index in [1.165, 1.54) is 27.8 Å². The lowest BCUT2D eigenvalue weighted by Crippen LogP contribution is -2.44. The summed E-state index contributed by atoms with van der Waals surface area (Å²) in [6, 6.07) is 8.12. The van der Waals surface area contributed by atoms with E-state index >= 15 is 0 Å². The summed E-state index contributed by atoms with van der Waals surface area (Å²) in [6.07, 6.45) is 2.65. The van der Waals surface area contributed by atoms with Crippen molar-refractivity contribution in [2.24, 2.45) is 11.8 Å². The van der Waals surface area contributed by atoms with Crippen LogP contribution in [0.15, 0.2) is 40.8 Å². The minimum Gasteiger partial charge on any atom is -0.341 e. The van der Waals surface area contributed by atoms with Gasteiger partial charge in [-0.1, -0.05) is 43.7 Å². The molecule has 28 heavy (non-hydrogen) atoms. The van der Waals surface area contributed by atoms with E-state index in [2.05, 4.69) is 18.8 Å². The maximum atomic E-state index is 13.2. The lowest BCUT2D eigenvalue weighted by atomic mass is 9.92. The number of likely N-dealkylation sites (tertiary alicyclic amines) is 1. The molecular formula is C22H25N3O2S. The third-order valence-corrected chi connectivity index (χ3v) is 6.34. The molecule has 0 unspecified atom stereocenters. The van der Waals surface area contributed by atoms with E-state index in [0.717, 1.165) is 30.6 Å². The first kappa shape index (κ1) is 18.9. The molecule has 1 saturated heterocycles. The molecule has 0 bridgehead atoms. The average Bonchev–Trinajstić information content (AvgIpc) is 3.08. The fraction of sp³-hybridized carbons (Fsp3) is 0.409. The van der Waals surface area contributed by atoms with Gasteiger partial charge in [0.05, 0.1) is 11.7 Å². The van der Waals surface area contributed by atoms with E-state index in [4.69, 9.17) is 0 Å². The lowest BCUT2D eigenvalue weighted by molar-refractivity contribution is -0.134. The summed E-state index contributed by atoms with van der Waals surface area (Å²) >= 11 is 1.46. The number of benzene rings is 1. The summed E-state index contributed by atoms with van der Waals surface area (Å²) in [7, 11) is 0. The van der Waals surface area contributed by atoms with Crippen LogP contribution >= 0.6 is 11.3 Å². The summed E-state index contributed by atoms with van der Waals surface area (Å²) in [5.74, 6) is 0.985. The van der Waals surface area contributed by atoms with Gasteiger partial charge in [0.2, 0.25) is 5.91 Å². The Balaban J connectivity index is 1.66. The summed E-state index contributed by atoms with van der Waals surface area (Å²) in [5, 5.41) is 2.58. The van der Waals surface area contributed by atoms with Crippen LogP contribution in [0.3, 0.4) is 0 Å². The molecule has 1 aliphatic heterocycles. The number of nitrogens with zero attached hydrogens (tertiary/aromatic N) is 3. The van der Waals surface area contributed by atoms with Crippen molar-refractivity contribution in [3.63, 3.8) is 0 Å². The van der Waals surface area contributed by atoms with Gasteiger partial charge in [-0.25, -0.2) is 4.98 Å². The Morgan fingerprint density at radius 1 is 1.18 bits per heavy atom. The Bertz CT molecular complexity index is 1060. The van der Waals surface area contributed by atoms with Crippen molar-refractivity contribution in [1.82, 2.24) is 14.5 Å². The van der Waals surface area contributed by atoms with Crippen LogP contribution in [-0.2, 0) is 11.3 Å². The molecule has 0 N–H and O–H groups in total. The molecule has 0 radical (unpaired) electrons. The van der Waals surface area contributed by atoms with Crippen LogP contribution in [0.4, 0.5) is 0 Å². The zero-order valence-corrected chi connectivity index (χ0v) is 17.3. The molecule has 1 fully saturated rings. The highest BCUT2D eigenvalue weighted by Gasteiger charge is 2.26. The zero-order valence-electron chi connectivity index (χ0n) is 16.5. The largest absolute Gasteiger partial charge is 0.341 e. The van der Waals surface area contributed by atoms with Crippen molar-refractivity contribution in [2.75, 3.05) is 13.1 Å². The highest BCUT2D eigenvalue weighted by Crippen LogP contribution is 2.30. The smallest absolute Gasteiger partial charge is 0.263 e. The van der Waals surface area contributed by atoms with Gasteiger partial charge in [0, 0.05) is 24.0 Å². The Morgan fingerprint density at radius 2 is 1.86 bits per heavy atom. The van der Waals surface area contributed by atoms with Crippen molar-refractivity contribution in [2.45, 2.75) is 33.7 Å². The number of carbonyl (C=O) groups is 1. The Labute approximate surface area is 168 Å². The van der Waals surface area contributed by atoms with E-state index in [1.807, 2.05) is 41.5 Å². The number of hydrogen-bond acceptors (Lipinski definition) is 4. The number of hydrogen-bond donors (Lipinski definition) is 0. The molecule has 6 heteroatoms. The molecule has 2 atom stereocenters. The van der Waals surface area contributed by atoms with Crippen molar-refractivity contribution in [3.8, 4) is 11.1 Å². The minimum absolute atomic E-state index is 0.00577. The third kappa shape index (κ3) is 3.61. The molecule has 1 amide bonds. The molecule has 1 aromatic carbocycles. The quantitative estimate of drug-likeness (QED) is 0.675. The first-order valence-corrected chi connectivity index (χ1v) is 10.6. The van der Waals surface area contributed by atoms with Crippen molar-refractivity contribution < 1.29 is 4.79 Å². The van der Waals surface area contributed by atoms with E-state index in [1.54, 1.807) is 0 Å². The highest BCUT2D eigenvalue weighted by molar-refractivity contribution is 7.17. The van der Waals surface area contributed by atoms with Crippen molar-refractivity contribution >= 4 is 27.5 Å². The predicted molar refractivity (Wildman–Crippen MR) is 114 cm³/mol. The van der Waals surface area contributed by atoms with Gasteiger partial charge in [0.15, 0.2) is 0 Å². The molecule has 5 nitrogen and oxygen atoms in total. The van der Waals surface area contributed by atoms with E-state index in [0.29, 0.717) is 22.1 Å². The summed E-state index contributed by atoms with van der Waals surface area (Å²) in [5.41, 5.74) is 2.92. The SMILES string of the molecule is Cc1ccc(-c2csc3ncn(CC(=O)N4C[C@H](C)C[C@H](C)C4)c(=O)c23)cc1. The third-order valence-electron chi connectivity index (χ3n) is 5.45. The molecular weight excluding hydrogens is 370 g/mol. The second kappa shape index (κ2) is 7.51. The molecule has 146 valence electrons. The fourth-order valence-corrected chi connectivity index (χ4v) is 5.04. The van der Waals surface area contributed by atoms with Crippen molar-refractivity contribution in [1.29, 1.82) is 0 Å². The number of thiophene rings is 1. The van der Waals surface area contributed by atoms with Crippen LogP contribution in [0.5, 0.6) is 0 Å². The number of amides is 1. The molecule has 0 spiro atoms. The van der Waals surface area contributed by atoms with Crippen LogP contribution in [-0.4, -0.2) is 33.4 Å². The predicted octanol–water partition coefficient (Wildman–Crippen LogP) is 3.94. The number of aromatic nitrogens is 2. The van der Waals surface area contributed by atoms with E-state index in [9.17, 15) is 9.59 Å². The van der Waals surface area contributed by atoms with Gasteiger partial charge < -0.3 is 4.90 Å². The second-order valence-corrected chi connectivity index (χ2v) is 8.98. The summed E-state index contributed by atoms with van der Waals surface area (Å²) in [6.45, 7) is 7.97. The van der Waals surface area contributed by atoms with Crippen LogP contribution in [0.25, 0.3) is 21.3 Å². The van der Waals surface area contributed by atoms with Gasteiger partial charge in [-0.3, -0.25) is 14.2 Å². The van der Waals surface area contributed by atoms with Gasteiger partial charge in [-0.2, -0.15) is 0 Å². The molecule has 2 aromatic heterocycles. The minimum atomic E-state index is -0.145. The number of aryl methyl sites for hydroxylation is 1. The maximum Gasteiger partial charge on any atom is 0.263 e. The molecule has 0 aliphatic carbocycles. The first-order chi connectivity index (χ1) is 13.4. The lowest BCUT2D eigenvalue weighted by Gasteiger charge is -2.35. The maximum absolute atomic E-state index is 13.2. The Hall–Kier alpha value is -2.47. The normalized spacial score (nSPS) is 19.9. The van der Waals surface area contributed by atoms with Gasteiger partial charge in [-0.15, -0.1) is 11.3 Å². The number of piperidine rings is 1. The highest BCUT2D eigenvalue weighted by atomic mass is 32.1. The van der Waals surface area contributed by atoms with Crippen LogP contribution < -0.4 is 5.56 Å². The van der Waals surface area contributed by atoms with Gasteiger partial charge in [-0.05, 0) is 30.7 Å². The fourth-order valence-electron chi connectivity index (χ4n) is 4.14. The van der Waals surface area contributed by atoms with Crippen LogP contribution in [0.1, 0.15) is 25.8 Å². The van der Waals surface area contributed by atoms with E-state index in [-0.39, 0.29) is 18.0 Å². The molecule has 1 aliphatic rings. The average molecular weight is 396 g/mol. The molecule has 3 heterocycles. The first-order valence-electron chi connectivity index (χ1n) is 9.74. The monoisotopic (exact) mass is 395 g/mol. The van der Waals surface area contributed by atoms with Crippen molar-refractivity contribution in [3.05, 3.63) is 51.9 Å². The Kier molecular flexibility index (Phi) is 5.06. The molecule has 3 aromatic rings. The molecule has 0 saturated carbocycles. The van der Waals surface area contributed by atoms with Gasteiger partial charge >= 0.3 is 0 Å². The number of rotatable bonds is 3. The Morgan fingerprint density at radius 3 is 2.54 bits per heavy atom. The van der Waals surface area contributed by atoms with Gasteiger partial charge in [0.1, 0.15) is 11.4 Å². The number of carbonyl (C=O) groups excluding carboxylic acids is 1. The number of fused-ring (bicyclic) bond motifs is 1. The summed E-state index contributed by atoms with van der Waals surface area (Å²) < 4.78 is 1.46. The summed E-state index contributed by atoms with van der Waals surface area (Å²) in [4.78, 5) is 33.0. The second-order valence-electron chi connectivity index (χ2n) is 8.12.